The molecule has 0 radical (unpaired) electrons. The third-order valence-electron chi connectivity index (χ3n) is 6.16. The number of H-pyrrole nitrogens is 1. The lowest BCUT2D eigenvalue weighted by Gasteiger charge is -2.16. The molecule has 3 aromatic heterocycles. The number of anilines is 3. The van der Waals surface area contributed by atoms with Crippen molar-refractivity contribution >= 4 is 23.1 Å². The Balaban J connectivity index is 1.39. The van der Waals surface area contributed by atoms with Gasteiger partial charge in [0.1, 0.15) is 6.33 Å². The molecule has 11 nitrogen and oxygen atoms in total. The first-order chi connectivity index (χ1) is 17.1. The van der Waals surface area contributed by atoms with E-state index in [2.05, 4.69) is 40.9 Å². The molecule has 0 spiro atoms. The molecule has 11 heteroatoms. The van der Waals surface area contributed by atoms with Gasteiger partial charge in [-0.05, 0) is 37.8 Å². The van der Waals surface area contributed by atoms with Gasteiger partial charge in [-0.3, -0.25) is 9.48 Å². The maximum Gasteiger partial charge on any atom is 0.228 e. The Kier molecular flexibility index (Phi) is 5.16. The highest BCUT2D eigenvalue weighted by atomic mass is 16.5. The van der Waals surface area contributed by atoms with E-state index in [9.17, 15) is 4.79 Å². The number of aryl methyl sites for hydroxylation is 1. The number of aromatic nitrogens is 7. The van der Waals surface area contributed by atoms with Crippen LogP contribution in [0.25, 0.3) is 22.9 Å². The highest BCUT2D eigenvalue weighted by molar-refractivity contribution is 5.94. The van der Waals surface area contributed by atoms with E-state index in [4.69, 9.17) is 4.74 Å². The maximum absolute atomic E-state index is 12.3. The average Bonchev–Trinajstić information content (AvgIpc) is 3.79. The van der Waals surface area contributed by atoms with Gasteiger partial charge >= 0.3 is 0 Å². The Hall–Kier alpha value is -4.28. The molecular weight excluding hydrogens is 446 g/mol. The first-order valence-electron chi connectivity index (χ1n) is 11.6. The Morgan fingerprint density at radius 3 is 2.71 bits per heavy atom. The molecule has 1 amide bonds. The summed E-state index contributed by atoms with van der Waals surface area (Å²) in [7, 11) is 3.42. The van der Waals surface area contributed by atoms with Crippen molar-refractivity contribution in [2.24, 2.45) is 13.0 Å². The van der Waals surface area contributed by atoms with Gasteiger partial charge in [-0.25, -0.2) is 9.97 Å². The highest BCUT2D eigenvalue weighted by Gasteiger charge is 2.30. The summed E-state index contributed by atoms with van der Waals surface area (Å²) in [5.74, 6) is 2.68. The maximum atomic E-state index is 12.3. The quantitative estimate of drug-likeness (QED) is 0.354. The van der Waals surface area contributed by atoms with Crippen molar-refractivity contribution in [3.05, 3.63) is 42.5 Å². The number of amides is 1. The molecule has 3 heterocycles. The summed E-state index contributed by atoms with van der Waals surface area (Å²) in [6.07, 6.45) is 7.64. The standard InChI is InChI=1S/C24H25N9O2/c1-33-12-26-22(32-33)15-4-3-5-16(21(15)35-2)27-17-10-19(29-24(34)14-8-9-14)30-31-20(17)23-25-11-18(28-23)13-6-7-13/h3-5,10-14H,6-9H2,1-2H3,(H,25,28)(H2,27,29,30,34). The van der Waals surface area contributed by atoms with Gasteiger partial charge in [0.25, 0.3) is 0 Å². The van der Waals surface area contributed by atoms with Crippen LogP contribution >= 0.6 is 0 Å². The number of carbonyl (C=O) groups is 1. The number of rotatable bonds is 8. The number of imidazole rings is 1. The molecule has 35 heavy (non-hydrogen) atoms. The van der Waals surface area contributed by atoms with Crippen LogP contribution in [0.1, 0.15) is 37.3 Å². The zero-order valence-electron chi connectivity index (χ0n) is 19.4. The van der Waals surface area contributed by atoms with Crippen LogP contribution in [0.2, 0.25) is 0 Å². The average molecular weight is 472 g/mol. The number of para-hydroxylation sites is 1. The number of methoxy groups -OCH3 is 1. The molecular formula is C24H25N9O2. The van der Waals surface area contributed by atoms with Crippen LogP contribution in [0.5, 0.6) is 5.75 Å². The number of hydrogen-bond acceptors (Lipinski definition) is 8. The minimum absolute atomic E-state index is 0.0344. The fourth-order valence-electron chi connectivity index (χ4n) is 3.99. The minimum Gasteiger partial charge on any atom is -0.494 e. The molecule has 2 aliphatic carbocycles. The predicted molar refractivity (Wildman–Crippen MR) is 129 cm³/mol. The second kappa shape index (κ2) is 8.49. The number of hydrogen-bond donors (Lipinski definition) is 3. The molecule has 1 aromatic carbocycles. The number of aromatic amines is 1. The molecule has 0 saturated heterocycles. The van der Waals surface area contributed by atoms with Crippen molar-refractivity contribution in [3.8, 4) is 28.7 Å². The van der Waals surface area contributed by atoms with E-state index in [-0.39, 0.29) is 11.8 Å². The molecule has 6 rings (SSSR count). The van der Waals surface area contributed by atoms with Crippen molar-refractivity contribution in [2.45, 2.75) is 31.6 Å². The lowest BCUT2D eigenvalue weighted by molar-refractivity contribution is -0.117. The largest absolute Gasteiger partial charge is 0.494 e. The van der Waals surface area contributed by atoms with Crippen molar-refractivity contribution in [2.75, 3.05) is 17.7 Å². The third-order valence-corrected chi connectivity index (χ3v) is 6.16. The van der Waals surface area contributed by atoms with Gasteiger partial charge in [-0.15, -0.1) is 10.2 Å². The van der Waals surface area contributed by atoms with Crippen LogP contribution in [0, 0.1) is 5.92 Å². The number of benzene rings is 1. The fourth-order valence-corrected chi connectivity index (χ4v) is 3.99. The van der Waals surface area contributed by atoms with E-state index in [1.807, 2.05) is 31.4 Å². The second-order valence-electron chi connectivity index (χ2n) is 8.97. The predicted octanol–water partition coefficient (Wildman–Crippen LogP) is 3.64. The highest BCUT2D eigenvalue weighted by Crippen LogP contribution is 2.41. The Bertz CT molecular complexity index is 1400. The summed E-state index contributed by atoms with van der Waals surface area (Å²) in [4.78, 5) is 24.6. The van der Waals surface area contributed by atoms with E-state index >= 15 is 0 Å². The zero-order valence-corrected chi connectivity index (χ0v) is 19.4. The van der Waals surface area contributed by atoms with Crippen LogP contribution in [-0.4, -0.2) is 47.9 Å². The van der Waals surface area contributed by atoms with E-state index in [0.717, 1.165) is 36.9 Å². The molecule has 2 saturated carbocycles. The smallest absolute Gasteiger partial charge is 0.228 e. The van der Waals surface area contributed by atoms with Gasteiger partial charge in [0, 0.05) is 36.8 Å². The second-order valence-corrected chi connectivity index (χ2v) is 8.97. The fraction of sp³-hybridized carbons (Fsp3) is 0.333. The first-order valence-corrected chi connectivity index (χ1v) is 11.6. The molecule has 0 aliphatic heterocycles. The number of nitrogens with zero attached hydrogens (tertiary/aromatic N) is 6. The Morgan fingerprint density at radius 2 is 2.00 bits per heavy atom. The number of carbonyl (C=O) groups excluding carboxylic acids is 1. The molecule has 2 aliphatic rings. The molecule has 3 N–H and O–H groups in total. The molecule has 2 fully saturated rings. The SMILES string of the molecule is COc1c(Nc2cc(NC(=O)C3CC3)nnc2-c2ncc(C3CC3)[nH]2)cccc1-c1ncn(C)n1. The van der Waals surface area contributed by atoms with Gasteiger partial charge in [0.05, 0.1) is 24.0 Å². The van der Waals surface area contributed by atoms with E-state index in [1.165, 1.54) is 0 Å². The lowest BCUT2D eigenvalue weighted by Crippen LogP contribution is -2.15. The Labute approximate surface area is 201 Å². The van der Waals surface area contributed by atoms with Gasteiger partial charge in [0.15, 0.2) is 28.9 Å². The zero-order chi connectivity index (χ0) is 23.9. The van der Waals surface area contributed by atoms with Gasteiger partial charge in [0.2, 0.25) is 5.91 Å². The van der Waals surface area contributed by atoms with Crippen molar-refractivity contribution in [3.63, 3.8) is 0 Å². The number of ether oxygens (including phenoxy) is 1. The van der Waals surface area contributed by atoms with E-state index < -0.39 is 0 Å². The van der Waals surface area contributed by atoms with Gasteiger partial charge in [-0.2, -0.15) is 5.10 Å². The van der Waals surface area contributed by atoms with Gasteiger partial charge < -0.3 is 20.4 Å². The summed E-state index contributed by atoms with van der Waals surface area (Å²) < 4.78 is 7.40. The monoisotopic (exact) mass is 471 g/mol. The van der Waals surface area contributed by atoms with Gasteiger partial charge in [-0.1, -0.05) is 6.07 Å². The lowest BCUT2D eigenvalue weighted by atomic mass is 10.1. The normalized spacial score (nSPS) is 15.1. The summed E-state index contributed by atoms with van der Waals surface area (Å²) in [6.45, 7) is 0. The summed E-state index contributed by atoms with van der Waals surface area (Å²) in [5, 5.41) is 19.4. The molecule has 178 valence electrons. The van der Waals surface area contributed by atoms with Crippen molar-refractivity contribution in [1.82, 2.24) is 34.9 Å². The topological polar surface area (TPSA) is 136 Å². The molecule has 0 unspecified atom stereocenters. The number of nitrogens with one attached hydrogen (secondary N) is 3. The summed E-state index contributed by atoms with van der Waals surface area (Å²) in [5.41, 5.74) is 3.72. The Morgan fingerprint density at radius 1 is 1.14 bits per heavy atom. The van der Waals surface area contributed by atoms with E-state index in [0.29, 0.717) is 46.2 Å². The third kappa shape index (κ3) is 4.32. The molecule has 0 atom stereocenters. The molecule has 4 aromatic rings. The van der Waals surface area contributed by atoms with E-state index in [1.54, 1.807) is 24.2 Å². The first kappa shape index (κ1) is 21.3. The summed E-state index contributed by atoms with van der Waals surface area (Å²) in [6, 6.07) is 7.47. The van der Waals surface area contributed by atoms with Crippen molar-refractivity contribution in [1.29, 1.82) is 0 Å². The van der Waals surface area contributed by atoms with Crippen LogP contribution in [0.3, 0.4) is 0 Å². The van der Waals surface area contributed by atoms with Crippen LogP contribution in [-0.2, 0) is 11.8 Å². The van der Waals surface area contributed by atoms with Crippen LogP contribution in [0.4, 0.5) is 17.2 Å². The van der Waals surface area contributed by atoms with Crippen LogP contribution < -0.4 is 15.4 Å². The van der Waals surface area contributed by atoms with Crippen LogP contribution in [0.15, 0.2) is 36.8 Å². The molecule has 0 bridgehead atoms. The summed E-state index contributed by atoms with van der Waals surface area (Å²) >= 11 is 0. The van der Waals surface area contributed by atoms with Crippen molar-refractivity contribution < 1.29 is 9.53 Å². The minimum atomic E-state index is -0.0344.